The van der Waals surface area contributed by atoms with E-state index in [4.69, 9.17) is 0 Å². The van der Waals surface area contributed by atoms with E-state index >= 15 is 0 Å². The standard InChI is InChI=1S/C11H17N5O2S3/c1-9-8-19-10(12-9)20-11(13-15-16-14-11)6-4-3-5-7-21(2,17)18/h8H,3-7H2,1-2H3. The Balaban J connectivity index is 1.85. The van der Waals surface area contributed by atoms with E-state index in [0.717, 1.165) is 22.9 Å². The van der Waals surface area contributed by atoms with Crippen LogP contribution in [0, 0.1) is 6.92 Å². The molecule has 0 saturated heterocycles. The van der Waals surface area contributed by atoms with Gasteiger partial charge in [0.15, 0.2) is 4.34 Å². The number of sulfone groups is 1. The average Bonchev–Trinajstić information content (AvgIpc) is 2.98. The summed E-state index contributed by atoms with van der Waals surface area (Å²) in [5, 5.41) is 17.5. The molecule has 0 fully saturated rings. The van der Waals surface area contributed by atoms with Gasteiger partial charge in [0, 0.05) is 29.5 Å². The number of thiazole rings is 1. The number of aromatic nitrogens is 1. The van der Waals surface area contributed by atoms with Crippen molar-refractivity contribution in [3.8, 4) is 0 Å². The minimum Gasteiger partial charge on any atom is -0.235 e. The van der Waals surface area contributed by atoms with Crippen LogP contribution in [0.3, 0.4) is 0 Å². The molecule has 0 spiro atoms. The van der Waals surface area contributed by atoms with Gasteiger partial charge in [0.1, 0.15) is 9.84 Å². The molecule has 0 bridgehead atoms. The summed E-state index contributed by atoms with van der Waals surface area (Å²) in [5.41, 5.74) is 0.970. The van der Waals surface area contributed by atoms with Crippen LogP contribution in [-0.2, 0) is 9.84 Å². The summed E-state index contributed by atoms with van der Waals surface area (Å²) in [6.07, 6.45) is 4.23. The van der Waals surface area contributed by atoms with E-state index in [0.29, 0.717) is 12.8 Å². The first-order valence-corrected chi connectivity index (χ1v) is 10.3. The third kappa shape index (κ3) is 5.44. The monoisotopic (exact) mass is 347 g/mol. The molecule has 0 atom stereocenters. The normalized spacial score (nSPS) is 16.7. The average molecular weight is 347 g/mol. The lowest BCUT2D eigenvalue weighted by molar-refractivity contribution is 0.531. The highest BCUT2D eigenvalue weighted by Gasteiger charge is 2.35. The van der Waals surface area contributed by atoms with Crippen molar-refractivity contribution in [1.29, 1.82) is 0 Å². The van der Waals surface area contributed by atoms with Crippen LogP contribution < -0.4 is 0 Å². The van der Waals surface area contributed by atoms with Crippen LogP contribution in [0.2, 0.25) is 0 Å². The van der Waals surface area contributed by atoms with Crippen LogP contribution in [0.5, 0.6) is 0 Å². The highest BCUT2D eigenvalue weighted by molar-refractivity contribution is 8.02. The fraction of sp³-hybridized carbons (Fsp3) is 0.727. The molecular formula is C11H17N5O2S3. The van der Waals surface area contributed by atoms with Gasteiger partial charge in [-0.2, -0.15) is 0 Å². The lowest BCUT2D eigenvalue weighted by Crippen LogP contribution is -2.16. The summed E-state index contributed by atoms with van der Waals surface area (Å²) in [5.74, 6) is 0.224. The van der Waals surface area contributed by atoms with Crippen molar-refractivity contribution in [2.24, 2.45) is 20.7 Å². The number of hydrogen-bond donors (Lipinski definition) is 0. The number of thioether (sulfide) groups is 1. The summed E-state index contributed by atoms with van der Waals surface area (Å²) >= 11 is 3.00. The van der Waals surface area contributed by atoms with E-state index in [9.17, 15) is 8.42 Å². The zero-order chi connectivity index (χ0) is 15.3. The first-order valence-electron chi connectivity index (χ1n) is 6.51. The van der Waals surface area contributed by atoms with Crippen LogP contribution in [-0.4, -0.2) is 30.4 Å². The summed E-state index contributed by atoms with van der Waals surface area (Å²) in [4.78, 5) is 3.67. The van der Waals surface area contributed by atoms with Crippen molar-refractivity contribution >= 4 is 32.9 Å². The van der Waals surface area contributed by atoms with E-state index in [1.54, 1.807) is 11.3 Å². The second kappa shape index (κ2) is 6.93. The Hall–Kier alpha value is -0.870. The van der Waals surface area contributed by atoms with Gasteiger partial charge in [-0.1, -0.05) is 6.42 Å². The molecule has 1 aliphatic rings. The molecule has 0 radical (unpaired) electrons. The predicted octanol–water partition coefficient (Wildman–Crippen LogP) is 3.64. The molecule has 0 N–H and O–H groups in total. The number of unbranched alkanes of at least 4 members (excludes halogenated alkanes) is 2. The quantitative estimate of drug-likeness (QED) is 0.671. The molecular weight excluding hydrogens is 330 g/mol. The third-order valence-electron chi connectivity index (χ3n) is 2.81. The van der Waals surface area contributed by atoms with Crippen LogP contribution in [0.15, 0.2) is 30.4 Å². The molecule has 2 rings (SSSR count). The van der Waals surface area contributed by atoms with E-state index < -0.39 is 14.8 Å². The van der Waals surface area contributed by atoms with Crippen molar-refractivity contribution < 1.29 is 8.42 Å². The molecule has 1 aromatic heterocycles. The molecule has 0 saturated carbocycles. The largest absolute Gasteiger partial charge is 0.247 e. The molecule has 1 aromatic rings. The van der Waals surface area contributed by atoms with Gasteiger partial charge in [0.05, 0.1) is 0 Å². The first kappa shape index (κ1) is 16.5. The molecule has 10 heteroatoms. The van der Waals surface area contributed by atoms with Crippen LogP contribution in [0.1, 0.15) is 31.4 Å². The first-order chi connectivity index (χ1) is 9.89. The Morgan fingerprint density at radius 1 is 1.24 bits per heavy atom. The predicted molar refractivity (Wildman–Crippen MR) is 83.3 cm³/mol. The Morgan fingerprint density at radius 3 is 2.52 bits per heavy atom. The van der Waals surface area contributed by atoms with Gasteiger partial charge in [-0.3, -0.25) is 0 Å². The maximum absolute atomic E-state index is 11.1. The summed E-state index contributed by atoms with van der Waals surface area (Å²) < 4.78 is 23.1. The van der Waals surface area contributed by atoms with Crippen molar-refractivity contribution in [2.75, 3.05) is 12.0 Å². The van der Waals surface area contributed by atoms with Crippen LogP contribution >= 0.6 is 23.1 Å². The Labute approximate surface area is 132 Å². The topological polar surface area (TPSA) is 96.5 Å². The third-order valence-corrected chi connectivity index (χ3v) is 6.09. The van der Waals surface area contributed by atoms with E-state index in [1.165, 1.54) is 18.0 Å². The summed E-state index contributed by atoms with van der Waals surface area (Å²) in [6.45, 7) is 1.94. The fourth-order valence-corrected chi connectivity index (χ4v) is 4.66. The van der Waals surface area contributed by atoms with Gasteiger partial charge < -0.3 is 0 Å². The fourth-order valence-electron chi connectivity index (χ4n) is 1.81. The minimum atomic E-state index is -2.88. The van der Waals surface area contributed by atoms with E-state index in [2.05, 4.69) is 25.7 Å². The smallest absolute Gasteiger partial charge is 0.235 e. The molecule has 116 valence electrons. The number of nitrogens with zero attached hydrogens (tertiary/aromatic N) is 5. The van der Waals surface area contributed by atoms with Gasteiger partial charge in [-0.15, -0.1) is 21.6 Å². The molecule has 7 nitrogen and oxygen atoms in total. The molecule has 21 heavy (non-hydrogen) atoms. The number of hydrogen-bond acceptors (Lipinski definition) is 9. The maximum atomic E-state index is 11.1. The lowest BCUT2D eigenvalue weighted by Gasteiger charge is -2.17. The Morgan fingerprint density at radius 2 is 1.95 bits per heavy atom. The highest BCUT2D eigenvalue weighted by atomic mass is 32.2. The lowest BCUT2D eigenvalue weighted by atomic mass is 10.2. The molecule has 1 aliphatic heterocycles. The SMILES string of the molecule is Cc1csc(SC2(CCCCCS(C)(=O)=O)N=NN=N2)n1. The zero-order valence-corrected chi connectivity index (χ0v) is 14.3. The maximum Gasteiger partial charge on any atom is 0.247 e. The molecule has 0 aromatic carbocycles. The van der Waals surface area contributed by atoms with Gasteiger partial charge >= 0.3 is 0 Å². The second-order valence-electron chi connectivity index (χ2n) is 4.92. The zero-order valence-electron chi connectivity index (χ0n) is 11.9. The summed E-state index contributed by atoms with van der Waals surface area (Å²) in [6, 6.07) is 0. The molecule has 0 aliphatic carbocycles. The molecule has 0 unspecified atom stereocenters. The van der Waals surface area contributed by atoms with Gasteiger partial charge in [0.25, 0.3) is 0 Å². The Bertz CT molecular complexity index is 626. The number of aryl methyl sites for hydroxylation is 1. The number of rotatable bonds is 8. The molecule has 2 heterocycles. The Kier molecular flexibility index (Phi) is 5.44. The van der Waals surface area contributed by atoms with Gasteiger partial charge in [0.2, 0.25) is 4.99 Å². The van der Waals surface area contributed by atoms with E-state index in [-0.39, 0.29) is 5.75 Å². The van der Waals surface area contributed by atoms with Crippen molar-refractivity contribution in [2.45, 2.75) is 41.9 Å². The van der Waals surface area contributed by atoms with Gasteiger partial charge in [-0.05, 0) is 42.0 Å². The van der Waals surface area contributed by atoms with Crippen LogP contribution in [0.25, 0.3) is 0 Å². The minimum absolute atomic E-state index is 0.224. The second-order valence-corrected chi connectivity index (χ2v) is 9.54. The van der Waals surface area contributed by atoms with E-state index in [1.807, 2.05) is 12.3 Å². The van der Waals surface area contributed by atoms with Crippen molar-refractivity contribution in [3.63, 3.8) is 0 Å². The van der Waals surface area contributed by atoms with Crippen molar-refractivity contribution in [1.82, 2.24) is 4.98 Å². The van der Waals surface area contributed by atoms with Gasteiger partial charge in [-0.25, -0.2) is 13.4 Å². The molecule has 0 amide bonds. The summed E-state index contributed by atoms with van der Waals surface area (Å²) in [7, 11) is -2.88. The van der Waals surface area contributed by atoms with Crippen LogP contribution in [0.4, 0.5) is 0 Å². The highest BCUT2D eigenvalue weighted by Crippen LogP contribution is 2.43. The van der Waals surface area contributed by atoms with Crippen molar-refractivity contribution in [3.05, 3.63) is 11.1 Å².